The predicted octanol–water partition coefficient (Wildman–Crippen LogP) is 5.82. The van der Waals surface area contributed by atoms with Gasteiger partial charge in [0, 0.05) is 24.8 Å². The van der Waals surface area contributed by atoms with Gasteiger partial charge >= 0.3 is 21.1 Å². The van der Waals surface area contributed by atoms with Crippen LogP contribution in [0.2, 0.25) is 0 Å². The summed E-state index contributed by atoms with van der Waals surface area (Å²) in [5.41, 5.74) is -0.437. The van der Waals surface area contributed by atoms with E-state index in [4.69, 9.17) is 0 Å². The summed E-state index contributed by atoms with van der Waals surface area (Å²) in [6, 6.07) is 18.3. The van der Waals surface area contributed by atoms with Crippen LogP contribution in [0, 0.1) is 41.2 Å². The minimum atomic E-state index is -2.25. The van der Waals surface area contributed by atoms with Crippen molar-refractivity contribution in [2.24, 2.45) is 0 Å². The van der Waals surface area contributed by atoms with Crippen molar-refractivity contribution >= 4 is 17.1 Å². The average Bonchev–Trinajstić information content (AvgIpc) is 3.59. The topological polar surface area (TPSA) is 38.9 Å². The first-order valence-corrected chi connectivity index (χ1v) is 9.82. The molecule has 0 saturated heterocycles. The molecule has 0 fully saturated rings. The molecule has 0 bridgehead atoms. The summed E-state index contributed by atoms with van der Waals surface area (Å²) in [5.74, 6) is -10.4. The fourth-order valence-corrected chi connectivity index (χ4v) is 3.40. The largest absolute Gasteiger partial charge is 2.00 e. The number of hydrogen-bond donors (Lipinski definition) is 0. The SMILES string of the molecule is Fc1c(F)c(F)c(N(c2[c-]c(-n3cccn3)ccc2)c2[c-]c(-n3cccn3)ccc2)c(F)c1F.[Pt+2]. The summed E-state index contributed by atoms with van der Waals surface area (Å²) in [4.78, 5) is 0.857. The third-order valence-electron chi connectivity index (χ3n) is 4.92. The molecule has 35 heavy (non-hydrogen) atoms. The van der Waals surface area contributed by atoms with Crippen molar-refractivity contribution in [3.8, 4) is 11.4 Å². The molecule has 178 valence electrons. The van der Waals surface area contributed by atoms with Gasteiger partial charge < -0.3 is 4.90 Å². The second kappa shape index (κ2) is 9.83. The molecule has 0 radical (unpaired) electrons. The van der Waals surface area contributed by atoms with Crippen LogP contribution in [0.25, 0.3) is 11.4 Å². The van der Waals surface area contributed by atoms with Crippen molar-refractivity contribution in [3.05, 3.63) is 115 Å². The van der Waals surface area contributed by atoms with Crippen LogP contribution in [0.4, 0.5) is 39.0 Å². The predicted molar refractivity (Wildman–Crippen MR) is 113 cm³/mol. The molecular weight excluding hydrogens is 648 g/mol. The van der Waals surface area contributed by atoms with Crippen LogP contribution in [-0.4, -0.2) is 19.6 Å². The zero-order valence-electron chi connectivity index (χ0n) is 17.4. The molecule has 5 aromatic rings. The number of halogens is 5. The van der Waals surface area contributed by atoms with E-state index in [-0.39, 0.29) is 32.4 Å². The second-order valence-electron chi connectivity index (χ2n) is 7.00. The molecule has 0 N–H and O–H groups in total. The molecule has 2 aromatic heterocycles. The molecule has 0 spiro atoms. The van der Waals surface area contributed by atoms with E-state index in [2.05, 4.69) is 22.3 Å². The Labute approximate surface area is 210 Å². The van der Waals surface area contributed by atoms with Crippen LogP contribution in [0.3, 0.4) is 0 Å². The first kappa shape index (κ1) is 24.3. The number of benzene rings is 3. The van der Waals surface area contributed by atoms with Crippen molar-refractivity contribution in [2.75, 3.05) is 4.90 Å². The fourth-order valence-electron chi connectivity index (χ4n) is 3.40. The molecular formula is C24H12F5N5Pt. The molecule has 5 rings (SSSR count). The summed E-state index contributed by atoms with van der Waals surface area (Å²) in [6.45, 7) is 0. The molecule has 2 heterocycles. The molecule has 0 atom stereocenters. The summed E-state index contributed by atoms with van der Waals surface area (Å²) >= 11 is 0. The number of aromatic nitrogens is 4. The van der Waals surface area contributed by atoms with Crippen molar-refractivity contribution < 1.29 is 43.0 Å². The number of nitrogens with zero attached hydrogens (tertiary/aromatic N) is 5. The van der Waals surface area contributed by atoms with Gasteiger partial charge in [0.15, 0.2) is 23.3 Å². The second-order valence-corrected chi connectivity index (χ2v) is 7.00. The Balaban J connectivity index is 0.00000289. The maximum Gasteiger partial charge on any atom is 2.00 e. The first-order valence-electron chi connectivity index (χ1n) is 9.82. The fraction of sp³-hybridized carbons (Fsp3) is 0. The monoisotopic (exact) mass is 660 g/mol. The van der Waals surface area contributed by atoms with E-state index in [9.17, 15) is 22.0 Å². The maximum atomic E-state index is 14.9. The maximum absolute atomic E-state index is 14.9. The molecule has 3 aromatic carbocycles. The normalized spacial score (nSPS) is 10.8. The van der Waals surface area contributed by atoms with Crippen LogP contribution >= 0.6 is 0 Å². The summed E-state index contributed by atoms with van der Waals surface area (Å²) in [6.07, 6.45) is 6.26. The van der Waals surface area contributed by atoms with Crippen molar-refractivity contribution in [1.29, 1.82) is 0 Å². The number of rotatable bonds is 5. The van der Waals surface area contributed by atoms with Crippen LogP contribution < -0.4 is 4.90 Å². The Morgan fingerprint density at radius 3 is 1.43 bits per heavy atom. The molecule has 0 aliphatic rings. The van der Waals surface area contributed by atoms with Crippen molar-refractivity contribution in [2.45, 2.75) is 0 Å². The Morgan fingerprint density at radius 2 is 1.03 bits per heavy atom. The van der Waals surface area contributed by atoms with Gasteiger partial charge in [0.05, 0.1) is 0 Å². The van der Waals surface area contributed by atoms with Gasteiger partial charge in [0.1, 0.15) is 5.69 Å². The molecule has 0 amide bonds. The van der Waals surface area contributed by atoms with E-state index in [1.54, 1.807) is 48.8 Å². The van der Waals surface area contributed by atoms with Gasteiger partial charge in [-0.25, -0.2) is 22.0 Å². The zero-order chi connectivity index (χ0) is 23.8. The van der Waals surface area contributed by atoms with Gasteiger partial charge in [-0.05, 0) is 23.5 Å². The molecule has 11 heteroatoms. The van der Waals surface area contributed by atoms with E-state index in [0.717, 1.165) is 4.90 Å². The minimum Gasteiger partial charge on any atom is -0.353 e. The molecule has 5 nitrogen and oxygen atoms in total. The molecule has 0 aliphatic carbocycles. The quantitative estimate of drug-likeness (QED) is 0.103. The van der Waals surface area contributed by atoms with Crippen LogP contribution in [0.15, 0.2) is 73.3 Å². The zero-order valence-corrected chi connectivity index (χ0v) is 19.6. The Kier molecular flexibility index (Phi) is 6.84. The third kappa shape index (κ3) is 4.37. The third-order valence-corrected chi connectivity index (χ3v) is 4.92. The standard InChI is InChI=1S/C24H12F5N5.Pt/c25-19-20(26)22(28)24(23(29)21(19)27)34(17-7-1-5-15(13-17)32-11-3-9-30-32)18-8-2-6-16(14-18)33-12-4-10-31-33;/h1-12H;/q-2;+2. The Bertz CT molecular complexity index is 1370. The van der Waals surface area contributed by atoms with Crippen LogP contribution in [0.5, 0.6) is 0 Å². The van der Waals surface area contributed by atoms with Crippen LogP contribution in [0.1, 0.15) is 0 Å². The van der Waals surface area contributed by atoms with Gasteiger partial charge in [-0.15, -0.1) is 36.4 Å². The molecule has 0 unspecified atom stereocenters. The van der Waals surface area contributed by atoms with Gasteiger partial charge in [-0.2, -0.15) is 22.3 Å². The average molecular weight is 660 g/mol. The van der Waals surface area contributed by atoms with Gasteiger partial charge in [-0.1, -0.05) is 11.4 Å². The van der Waals surface area contributed by atoms with Crippen LogP contribution in [-0.2, 0) is 21.1 Å². The smallest absolute Gasteiger partial charge is 0.353 e. The van der Waals surface area contributed by atoms with E-state index < -0.39 is 34.8 Å². The molecule has 0 aliphatic heterocycles. The summed E-state index contributed by atoms with van der Waals surface area (Å²) in [7, 11) is 0. The van der Waals surface area contributed by atoms with E-state index in [1.807, 2.05) is 0 Å². The Morgan fingerprint density at radius 1 is 0.600 bits per heavy atom. The van der Waals surface area contributed by atoms with Crippen molar-refractivity contribution in [3.63, 3.8) is 0 Å². The van der Waals surface area contributed by atoms with E-state index in [1.165, 1.54) is 33.9 Å². The minimum absolute atomic E-state index is 0. The molecule has 0 saturated carbocycles. The summed E-state index contributed by atoms with van der Waals surface area (Å²) in [5, 5.41) is 8.17. The first-order chi connectivity index (χ1) is 16.5. The Hall–Kier alpha value is -3.78. The van der Waals surface area contributed by atoms with E-state index >= 15 is 0 Å². The van der Waals surface area contributed by atoms with Gasteiger partial charge in [-0.3, -0.25) is 9.36 Å². The van der Waals surface area contributed by atoms with E-state index in [0.29, 0.717) is 11.4 Å². The van der Waals surface area contributed by atoms with Gasteiger partial charge in [0.25, 0.3) is 0 Å². The summed E-state index contributed by atoms with van der Waals surface area (Å²) < 4.78 is 74.9. The number of anilines is 3. The number of hydrogen-bond acceptors (Lipinski definition) is 3. The van der Waals surface area contributed by atoms with Crippen molar-refractivity contribution in [1.82, 2.24) is 19.6 Å². The van der Waals surface area contributed by atoms with Gasteiger partial charge in [0.2, 0.25) is 5.82 Å².